The summed E-state index contributed by atoms with van der Waals surface area (Å²) in [6, 6.07) is 24.4. The summed E-state index contributed by atoms with van der Waals surface area (Å²) in [7, 11) is 1.60. The molecule has 2 N–H and O–H groups in total. The highest BCUT2D eigenvalue weighted by atomic mass is 35.5. The molecule has 2 heterocycles. The van der Waals surface area contributed by atoms with Crippen LogP contribution < -0.4 is 15.4 Å². The molecular weight excluding hydrogens is 494 g/mol. The van der Waals surface area contributed by atoms with E-state index in [1.165, 1.54) is 11.8 Å². The van der Waals surface area contributed by atoms with Gasteiger partial charge in [0, 0.05) is 28.2 Å². The third-order valence-corrected chi connectivity index (χ3v) is 6.96. The fraction of sp³-hybridized carbons (Fsp3) is 0.148. The van der Waals surface area contributed by atoms with E-state index in [0.717, 1.165) is 16.8 Å². The maximum Gasteiger partial charge on any atom is 0.255 e. The first-order chi connectivity index (χ1) is 17.5. The van der Waals surface area contributed by atoms with Crippen molar-refractivity contribution in [2.75, 3.05) is 17.7 Å². The molecule has 0 fully saturated rings. The molecule has 0 saturated heterocycles. The second-order valence-electron chi connectivity index (χ2n) is 8.24. The van der Waals surface area contributed by atoms with Gasteiger partial charge in [0.2, 0.25) is 11.1 Å². The van der Waals surface area contributed by atoms with Crippen molar-refractivity contribution in [1.82, 2.24) is 14.8 Å². The Morgan fingerprint density at radius 1 is 1.11 bits per heavy atom. The van der Waals surface area contributed by atoms with Gasteiger partial charge in [-0.15, -0.1) is 5.10 Å². The molecule has 1 aliphatic rings. The molecule has 9 heteroatoms. The van der Waals surface area contributed by atoms with E-state index in [0.29, 0.717) is 38.9 Å². The van der Waals surface area contributed by atoms with Gasteiger partial charge in [0.1, 0.15) is 11.8 Å². The minimum Gasteiger partial charge on any atom is -0.497 e. The maximum atomic E-state index is 13.6. The van der Waals surface area contributed by atoms with Crippen molar-refractivity contribution in [2.45, 2.75) is 23.9 Å². The lowest BCUT2D eigenvalue weighted by Crippen LogP contribution is -2.31. The molecule has 182 valence electrons. The fourth-order valence-electron chi connectivity index (χ4n) is 4.06. The molecule has 0 radical (unpaired) electrons. The average molecular weight is 518 g/mol. The lowest BCUT2D eigenvalue weighted by atomic mass is 9.95. The average Bonchev–Trinajstić information content (AvgIpc) is 3.30. The summed E-state index contributed by atoms with van der Waals surface area (Å²) >= 11 is 7.53. The highest BCUT2D eigenvalue weighted by molar-refractivity contribution is 7.98. The van der Waals surface area contributed by atoms with Crippen LogP contribution in [0.2, 0.25) is 5.02 Å². The molecule has 1 aliphatic heterocycles. The number of rotatable bonds is 7. The summed E-state index contributed by atoms with van der Waals surface area (Å²) < 4.78 is 7.08. The number of nitrogens with zero attached hydrogens (tertiary/aromatic N) is 3. The molecular formula is C27H24ClN5O2S. The van der Waals surface area contributed by atoms with Crippen molar-refractivity contribution in [2.24, 2.45) is 0 Å². The Hall–Kier alpha value is -3.75. The van der Waals surface area contributed by atoms with E-state index in [1.807, 2.05) is 79.7 Å². The number of hydrogen-bond donors (Lipinski definition) is 2. The number of benzene rings is 3. The molecule has 1 amide bonds. The van der Waals surface area contributed by atoms with Gasteiger partial charge in [-0.05, 0) is 42.3 Å². The van der Waals surface area contributed by atoms with Crippen LogP contribution in [0.4, 0.5) is 11.6 Å². The highest BCUT2D eigenvalue weighted by Crippen LogP contribution is 2.37. The van der Waals surface area contributed by atoms with Crippen LogP contribution in [-0.4, -0.2) is 27.8 Å². The second kappa shape index (κ2) is 10.5. The molecule has 5 rings (SSSR count). The number of hydrogen-bond acceptors (Lipinski definition) is 6. The monoisotopic (exact) mass is 517 g/mol. The zero-order valence-electron chi connectivity index (χ0n) is 19.7. The molecule has 0 aliphatic carbocycles. The zero-order chi connectivity index (χ0) is 25.1. The molecule has 7 nitrogen and oxygen atoms in total. The van der Waals surface area contributed by atoms with Gasteiger partial charge in [0.15, 0.2) is 0 Å². The Morgan fingerprint density at radius 2 is 1.89 bits per heavy atom. The van der Waals surface area contributed by atoms with Crippen LogP contribution in [0.15, 0.2) is 95.3 Å². The Kier molecular flexibility index (Phi) is 6.97. The molecule has 0 saturated carbocycles. The maximum absolute atomic E-state index is 13.6. The van der Waals surface area contributed by atoms with Gasteiger partial charge in [-0.2, -0.15) is 4.98 Å². The van der Waals surface area contributed by atoms with Crippen molar-refractivity contribution in [3.8, 4) is 5.75 Å². The summed E-state index contributed by atoms with van der Waals surface area (Å²) in [6.07, 6.45) is 0. The van der Waals surface area contributed by atoms with Crippen LogP contribution in [0.25, 0.3) is 0 Å². The number of fused-ring (bicyclic) bond motifs is 1. The van der Waals surface area contributed by atoms with Gasteiger partial charge in [0.05, 0.1) is 12.7 Å². The standard InChI is InChI=1S/C27H24ClN5O2S/c1-17-23(25(34)30-21-9-6-10-22(15-21)35-2)24(19-7-4-3-5-8-19)33-26(29-17)31-27(32-33)36-16-18-11-13-20(28)14-12-18/h3-15,24H,16H2,1-2H3,(H,30,34)(H,29,31,32)/t24-/m1/s1. The van der Waals surface area contributed by atoms with Gasteiger partial charge < -0.3 is 15.4 Å². The predicted molar refractivity (Wildman–Crippen MR) is 144 cm³/mol. The number of ether oxygens (including phenoxy) is 1. The van der Waals surface area contributed by atoms with E-state index in [-0.39, 0.29) is 5.91 Å². The molecule has 0 unspecified atom stereocenters. The van der Waals surface area contributed by atoms with E-state index < -0.39 is 6.04 Å². The summed E-state index contributed by atoms with van der Waals surface area (Å²) in [5.41, 5.74) is 4.00. The first kappa shape index (κ1) is 24.0. The first-order valence-corrected chi connectivity index (χ1v) is 12.7. The van der Waals surface area contributed by atoms with Crippen LogP contribution in [-0.2, 0) is 10.5 Å². The first-order valence-electron chi connectivity index (χ1n) is 11.3. The second-order valence-corrected chi connectivity index (χ2v) is 9.62. The number of aromatic nitrogens is 3. The minimum atomic E-state index is -0.439. The number of methoxy groups -OCH3 is 1. The van der Waals surface area contributed by atoms with E-state index in [9.17, 15) is 4.79 Å². The number of nitrogens with one attached hydrogen (secondary N) is 2. The summed E-state index contributed by atoms with van der Waals surface area (Å²) in [6.45, 7) is 1.88. The van der Waals surface area contributed by atoms with Crippen LogP contribution in [0.3, 0.4) is 0 Å². The third-order valence-electron chi connectivity index (χ3n) is 5.80. The topological polar surface area (TPSA) is 81.1 Å². The van der Waals surface area contributed by atoms with Gasteiger partial charge in [-0.1, -0.05) is 71.9 Å². The highest BCUT2D eigenvalue weighted by Gasteiger charge is 2.34. The molecule has 1 atom stereocenters. The third kappa shape index (κ3) is 5.10. The Labute approximate surface area is 218 Å². The van der Waals surface area contributed by atoms with Crippen molar-refractivity contribution >= 4 is 40.9 Å². The molecule has 36 heavy (non-hydrogen) atoms. The van der Waals surface area contributed by atoms with Crippen molar-refractivity contribution in [3.63, 3.8) is 0 Å². The summed E-state index contributed by atoms with van der Waals surface area (Å²) in [5, 5.41) is 12.4. The summed E-state index contributed by atoms with van der Waals surface area (Å²) in [5.74, 6) is 1.74. The predicted octanol–water partition coefficient (Wildman–Crippen LogP) is 6.16. The normalized spacial score (nSPS) is 14.7. The van der Waals surface area contributed by atoms with Gasteiger partial charge in [0.25, 0.3) is 5.91 Å². The number of anilines is 2. The Bertz CT molecular complexity index is 1420. The van der Waals surface area contributed by atoms with E-state index in [2.05, 4.69) is 10.6 Å². The van der Waals surface area contributed by atoms with E-state index in [1.54, 1.807) is 17.9 Å². The smallest absolute Gasteiger partial charge is 0.255 e. The van der Waals surface area contributed by atoms with Crippen LogP contribution in [0.5, 0.6) is 5.75 Å². The van der Waals surface area contributed by atoms with Crippen LogP contribution in [0, 0.1) is 0 Å². The van der Waals surface area contributed by atoms with Crippen LogP contribution >= 0.6 is 23.4 Å². The number of carbonyl (C=O) groups is 1. The van der Waals surface area contributed by atoms with E-state index in [4.69, 9.17) is 26.4 Å². The number of allylic oxidation sites excluding steroid dienone is 1. The quantitative estimate of drug-likeness (QED) is 0.286. The lowest BCUT2D eigenvalue weighted by molar-refractivity contribution is -0.113. The van der Waals surface area contributed by atoms with Gasteiger partial charge >= 0.3 is 0 Å². The lowest BCUT2D eigenvalue weighted by Gasteiger charge is -2.28. The van der Waals surface area contributed by atoms with Gasteiger partial charge in [-0.25, -0.2) is 4.68 Å². The number of thioether (sulfide) groups is 1. The number of halogens is 1. The summed E-state index contributed by atoms with van der Waals surface area (Å²) in [4.78, 5) is 18.3. The van der Waals surface area contributed by atoms with Crippen molar-refractivity contribution in [3.05, 3.63) is 106 Å². The van der Waals surface area contributed by atoms with Gasteiger partial charge in [-0.3, -0.25) is 4.79 Å². The van der Waals surface area contributed by atoms with Crippen molar-refractivity contribution in [1.29, 1.82) is 0 Å². The number of carbonyl (C=O) groups excluding carboxylic acids is 1. The van der Waals surface area contributed by atoms with Crippen molar-refractivity contribution < 1.29 is 9.53 Å². The largest absolute Gasteiger partial charge is 0.497 e. The van der Waals surface area contributed by atoms with Crippen LogP contribution in [0.1, 0.15) is 24.1 Å². The molecule has 4 aromatic rings. The Morgan fingerprint density at radius 3 is 2.64 bits per heavy atom. The molecule has 0 bridgehead atoms. The zero-order valence-corrected chi connectivity index (χ0v) is 21.3. The molecule has 1 aromatic heterocycles. The van der Waals surface area contributed by atoms with E-state index >= 15 is 0 Å². The SMILES string of the molecule is COc1cccc(NC(=O)C2=C(C)Nc3nc(SCc4ccc(Cl)cc4)nn3[C@@H]2c2ccccc2)c1. The molecule has 0 spiro atoms. The Balaban J connectivity index is 1.46. The number of amides is 1. The molecule has 3 aromatic carbocycles. The minimum absolute atomic E-state index is 0.223. The fourth-order valence-corrected chi connectivity index (χ4v) is 4.97.